The van der Waals surface area contributed by atoms with Crippen LogP contribution in [-0.2, 0) is 0 Å². The van der Waals surface area contributed by atoms with Crippen LogP contribution in [0.2, 0.25) is 0 Å². The third-order valence-electron chi connectivity index (χ3n) is 2.47. The molecule has 1 rings (SSSR count). The molecule has 0 atom stereocenters. The summed E-state index contributed by atoms with van der Waals surface area (Å²) in [5.74, 6) is 0.881. The molecule has 84 valence electrons. The van der Waals surface area contributed by atoms with Crippen molar-refractivity contribution in [2.24, 2.45) is 0 Å². The normalized spacial score (nSPS) is 10.3. The molecule has 0 radical (unpaired) electrons. The fourth-order valence-electron chi connectivity index (χ4n) is 1.46. The lowest BCUT2D eigenvalue weighted by molar-refractivity contribution is 0.709. The molecule has 0 spiro atoms. The number of nitrogens with zero attached hydrogens (tertiary/aromatic N) is 2. The van der Waals surface area contributed by atoms with Gasteiger partial charge >= 0.3 is 0 Å². The number of hydrogen-bond acceptors (Lipinski definition) is 4. The SMILES string of the molecule is CNCCCN(C)c1nccc(C)c1N. The van der Waals surface area contributed by atoms with Gasteiger partial charge in [-0.25, -0.2) is 4.98 Å². The maximum Gasteiger partial charge on any atom is 0.151 e. The molecule has 15 heavy (non-hydrogen) atoms. The number of hydrogen-bond donors (Lipinski definition) is 2. The first-order valence-electron chi connectivity index (χ1n) is 5.23. The minimum absolute atomic E-state index is 0.782. The average Bonchev–Trinajstić information content (AvgIpc) is 2.22. The van der Waals surface area contributed by atoms with Crippen molar-refractivity contribution in [2.75, 3.05) is 37.8 Å². The summed E-state index contributed by atoms with van der Waals surface area (Å²) in [5, 5.41) is 3.12. The molecule has 0 unspecified atom stereocenters. The van der Waals surface area contributed by atoms with Crippen molar-refractivity contribution in [3.8, 4) is 0 Å². The first-order chi connectivity index (χ1) is 7.16. The van der Waals surface area contributed by atoms with E-state index in [4.69, 9.17) is 5.73 Å². The molecule has 0 bridgehead atoms. The van der Waals surface area contributed by atoms with Crippen LogP contribution in [0.15, 0.2) is 12.3 Å². The van der Waals surface area contributed by atoms with E-state index in [9.17, 15) is 0 Å². The zero-order valence-corrected chi connectivity index (χ0v) is 9.75. The summed E-state index contributed by atoms with van der Waals surface area (Å²) < 4.78 is 0. The van der Waals surface area contributed by atoms with Crippen LogP contribution in [0.5, 0.6) is 0 Å². The van der Waals surface area contributed by atoms with Crippen LogP contribution in [0.25, 0.3) is 0 Å². The highest BCUT2D eigenvalue weighted by atomic mass is 15.2. The van der Waals surface area contributed by atoms with Gasteiger partial charge < -0.3 is 16.0 Å². The third-order valence-corrected chi connectivity index (χ3v) is 2.47. The molecule has 0 saturated heterocycles. The summed E-state index contributed by atoms with van der Waals surface area (Å²) in [6, 6.07) is 1.93. The molecule has 0 aliphatic carbocycles. The van der Waals surface area contributed by atoms with Gasteiger partial charge in [0.25, 0.3) is 0 Å². The van der Waals surface area contributed by atoms with E-state index in [0.29, 0.717) is 0 Å². The molecule has 0 fully saturated rings. The molecule has 1 aromatic rings. The van der Waals surface area contributed by atoms with Gasteiger partial charge in [0.15, 0.2) is 5.82 Å². The van der Waals surface area contributed by atoms with E-state index in [0.717, 1.165) is 36.6 Å². The second-order valence-electron chi connectivity index (χ2n) is 3.74. The summed E-state index contributed by atoms with van der Waals surface area (Å²) in [6.45, 7) is 3.97. The fraction of sp³-hybridized carbons (Fsp3) is 0.545. The molecule has 1 heterocycles. The van der Waals surface area contributed by atoms with E-state index in [2.05, 4.69) is 15.2 Å². The van der Waals surface area contributed by atoms with E-state index in [1.807, 2.05) is 27.1 Å². The average molecular weight is 208 g/mol. The number of anilines is 2. The van der Waals surface area contributed by atoms with Crippen LogP contribution in [0.1, 0.15) is 12.0 Å². The van der Waals surface area contributed by atoms with E-state index >= 15 is 0 Å². The van der Waals surface area contributed by atoms with Gasteiger partial charge in [0, 0.05) is 19.8 Å². The zero-order valence-electron chi connectivity index (χ0n) is 9.75. The van der Waals surface area contributed by atoms with E-state index in [1.165, 1.54) is 0 Å². The Hall–Kier alpha value is -1.29. The van der Waals surface area contributed by atoms with Crippen LogP contribution in [0, 0.1) is 6.92 Å². The number of nitrogens with two attached hydrogens (primary N) is 1. The van der Waals surface area contributed by atoms with Gasteiger partial charge in [-0.2, -0.15) is 0 Å². The molecule has 4 heteroatoms. The van der Waals surface area contributed by atoms with Crippen LogP contribution in [-0.4, -0.2) is 32.2 Å². The maximum atomic E-state index is 5.97. The quantitative estimate of drug-likeness (QED) is 0.709. The van der Waals surface area contributed by atoms with E-state index < -0.39 is 0 Å². The fourth-order valence-corrected chi connectivity index (χ4v) is 1.46. The van der Waals surface area contributed by atoms with Gasteiger partial charge in [0.2, 0.25) is 0 Å². The largest absolute Gasteiger partial charge is 0.396 e. The lowest BCUT2D eigenvalue weighted by atomic mass is 10.2. The summed E-state index contributed by atoms with van der Waals surface area (Å²) in [4.78, 5) is 6.40. The van der Waals surface area contributed by atoms with Crippen LogP contribution < -0.4 is 16.0 Å². The Morgan fingerprint density at radius 2 is 2.27 bits per heavy atom. The third kappa shape index (κ3) is 3.09. The van der Waals surface area contributed by atoms with Gasteiger partial charge in [0.05, 0.1) is 5.69 Å². The molecular formula is C11H20N4. The number of rotatable bonds is 5. The van der Waals surface area contributed by atoms with Crippen LogP contribution in [0.4, 0.5) is 11.5 Å². The number of nitrogen functional groups attached to an aromatic ring is 1. The Morgan fingerprint density at radius 1 is 1.53 bits per heavy atom. The number of aromatic nitrogens is 1. The summed E-state index contributed by atoms with van der Waals surface area (Å²) in [5.41, 5.74) is 7.83. The molecule has 1 aromatic heterocycles. The zero-order chi connectivity index (χ0) is 11.3. The molecule has 0 aliphatic rings. The maximum absolute atomic E-state index is 5.97. The molecule has 0 amide bonds. The monoisotopic (exact) mass is 208 g/mol. The van der Waals surface area contributed by atoms with Crippen molar-refractivity contribution >= 4 is 11.5 Å². The lowest BCUT2D eigenvalue weighted by Gasteiger charge is -2.20. The predicted molar refractivity (Wildman–Crippen MR) is 65.2 cm³/mol. The Kier molecular flexibility index (Phi) is 4.37. The Balaban J connectivity index is 2.65. The van der Waals surface area contributed by atoms with Crippen molar-refractivity contribution in [3.05, 3.63) is 17.8 Å². The topological polar surface area (TPSA) is 54.2 Å². The number of pyridine rings is 1. The highest BCUT2D eigenvalue weighted by molar-refractivity contribution is 5.65. The minimum Gasteiger partial charge on any atom is -0.396 e. The number of aryl methyl sites for hydroxylation is 1. The van der Waals surface area contributed by atoms with Gasteiger partial charge in [-0.05, 0) is 38.6 Å². The van der Waals surface area contributed by atoms with Gasteiger partial charge in [-0.1, -0.05) is 0 Å². The van der Waals surface area contributed by atoms with Crippen molar-refractivity contribution in [3.63, 3.8) is 0 Å². The Bertz CT molecular complexity index is 311. The van der Waals surface area contributed by atoms with Crippen LogP contribution in [0.3, 0.4) is 0 Å². The predicted octanol–water partition coefficient (Wildman–Crippen LogP) is 1.02. The standard InChI is InChI=1S/C11H20N4/c1-9-5-7-14-11(10(9)12)15(3)8-4-6-13-2/h5,7,13H,4,6,8,12H2,1-3H3. The van der Waals surface area contributed by atoms with E-state index in [1.54, 1.807) is 6.20 Å². The smallest absolute Gasteiger partial charge is 0.151 e. The minimum atomic E-state index is 0.782. The van der Waals surface area contributed by atoms with Gasteiger partial charge in [-0.3, -0.25) is 0 Å². The number of nitrogens with one attached hydrogen (secondary N) is 1. The molecule has 3 N–H and O–H groups in total. The molecular weight excluding hydrogens is 188 g/mol. The summed E-state index contributed by atoms with van der Waals surface area (Å²) >= 11 is 0. The van der Waals surface area contributed by atoms with Crippen molar-refractivity contribution in [2.45, 2.75) is 13.3 Å². The summed E-state index contributed by atoms with van der Waals surface area (Å²) in [7, 11) is 3.98. The molecule has 4 nitrogen and oxygen atoms in total. The Labute approximate surface area is 91.5 Å². The van der Waals surface area contributed by atoms with Crippen molar-refractivity contribution in [1.29, 1.82) is 0 Å². The lowest BCUT2D eigenvalue weighted by Crippen LogP contribution is -2.24. The second-order valence-corrected chi connectivity index (χ2v) is 3.74. The van der Waals surface area contributed by atoms with Crippen LogP contribution >= 0.6 is 0 Å². The molecule has 0 aromatic carbocycles. The molecule has 0 saturated carbocycles. The van der Waals surface area contributed by atoms with Crippen molar-refractivity contribution < 1.29 is 0 Å². The van der Waals surface area contributed by atoms with E-state index in [-0.39, 0.29) is 0 Å². The highest BCUT2D eigenvalue weighted by Crippen LogP contribution is 2.21. The van der Waals surface area contributed by atoms with Gasteiger partial charge in [0.1, 0.15) is 0 Å². The first-order valence-corrected chi connectivity index (χ1v) is 5.23. The van der Waals surface area contributed by atoms with Crippen molar-refractivity contribution in [1.82, 2.24) is 10.3 Å². The summed E-state index contributed by atoms with van der Waals surface area (Å²) in [6.07, 6.45) is 2.89. The molecule has 0 aliphatic heterocycles. The first kappa shape index (κ1) is 11.8. The van der Waals surface area contributed by atoms with Gasteiger partial charge in [-0.15, -0.1) is 0 Å². The Morgan fingerprint density at radius 3 is 2.93 bits per heavy atom. The second kappa shape index (κ2) is 5.56. The highest BCUT2D eigenvalue weighted by Gasteiger charge is 2.07.